The van der Waals surface area contributed by atoms with E-state index in [0.29, 0.717) is 11.3 Å². The molecule has 94 valence electrons. The number of benzene rings is 1. The van der Waals surface area contributed by atoms with Crippen molar-refractivity contribution >= 4 is 17.5 Å². The van der Waals surface area contributed by atoms with Crippen molar-refractivity contribution in [3.05, 3.63) is 52.3 Å². The fourth-order valence-electron chi connectivity index (χ4n) is 1.37. The van der Waals surface area contributed by atoms with Crippen molar-refractivity contribution in [3.8, 4) is 6.07 Å². The van der Waals surface area contributed by atoms with Crippen LogP contribution in [0.25, 0.3) is 0 Å². The summed E-state index contributed by atoms with van der Waals surface area (Å²) in [6.07, 6.45) is 0. The summed E-state index contributed by atoms with van der Waals surface area (Å²) in [6, 6.07) is 10.6. The Morgan fingerprint density at radius 3 is 2.68 bits per heavy atom. The van der Waals surface area contributed by atoms with E-state index in [4.69, 9.17) is 5.26 Å². The van der Waals surface area contributed by atoms with Crippen LogP contribution in [0.15, 0.2) is 41.2 Å². The Balaban J connectivity index is 2.08. The molecule has 0 saturated heterocycles. The molecule has 0 saturated carbocycles. The molecule has 0 aliphatic carbocycles. The van der Waals surface area contributed by atoms with Crippen LogP contribution in [0.4, 0.5) is 16.3 Å². The molecule has 1 aromatic heterocycles. The summed E-state index contributed by atoms with van der Waals surface area (Å²) >= 11 is 0. The number of anilines is 2. The van der Waals surface area contributed by atoms with Gasteiger partial charge >= 0.3 is 6.03 Å². The first kappa shape index (κ1) is 12.3. The van der Waals surface area contributed by atoms with Crippen LogP contribution in [0.1, 0.15) is 5.56 Å². The molecule has 0 radical (unpaired) electrons. The average Bonchev–Trinajstić information content (AvgIpc) is 2.42. The Bertz CT molecular complexity index is 681. The maximum Gasteiger partial charge on any atom is 0.324 e. The zero-order chi connectivity index (χ0) is 13.7. The van der Waals surface area contributed by atoms with Gasteiger partial charge in [-0.3, -0.25) is 10.1 Å². The Hall–Kier alpha value is -3.14. The number of hydrogen-bond acceptors (Lipinski definition) is 4. The summed E-state index contributed by atoms with van der Waals surface area (Å²) < 4.78 is 0. The van der Waals surface area contributed by atoms with Gasteiger partial charge in [0.05, 0.1) is 11.3 Å². The highest BCUT2D eigenvalue weighted by Crippen LogP contribution is 2.13. The number of para-hydroxylation sites is 1. The Labute approximate surface area is 107 Å². The van der Waals surface area contributed by atoms with E-state index in [1.54, 1.807) is 24.3 Å². The number of nitrogens with one attached hydrogen (secondary N) is 3. The number of carbonyl (C=O) groups excluding carboxylic acids is 1. The number of aromatic amines is 1. The maximum atomic E-state index is 11.7. The number of amides is 2. The molecule has 1 aromatic carbocycles. The number of H-pyrrole nitrogens is 1. The molecule has 7 nitrogen and oxygen atoms in total. The average molecular weight is 255 g/mol. The smallest absolute Gasteiger partial charge is 0.306 e. The van der Waals surface area contributed by atoms with Crippen LogP contribution >= 0.6 is 0 Å². The molecule has 0 aliphatic rings. The molecule has 1 heterocycles. The van der Waals surface area contributed by atoms with Crippen molar-refractivity contribution in [2.45, 2.75) is 0 Å². The van der Waals surface area contributed by atoms with Crippen LogP contribution in [-0.2, 0) is 0 Å². The predicted molar refractivity (Wildman–Crippen MR) is 68.7 cm³/mol. The third-order valence-corrected chi connectivity index (χ3v) is 2.22. The maximum absolute atomic E-state index is 11.7. The van der Waals surface area contributed by atoms with Crippen molar-refractivity contribution in [3.63, 3.8) is 0 Å². The number of aromatic nitrogens is 2. The standard InChI is InChI=1S/C12H9N5O2/c13-7-8-3-1-2-4-9(8)14-12(19)15-10-5-6-11(18)17-16-10/h1-6H,(H,17,18)(H2,14,15,16,19). The van der Waals surface area contributed by atoms with E-state index < -0.39 is 6.03 Å². The molecule has 3 N–H and O–H groups in total. The summed E-state index contributed by atoms with van der Waals surface area (Å²) in [6.45, 7) is 0. The fraction of sp³-hybridized carbons (Fsp3) is 0. The monoisotopic (exact) mass is 255 g/mol. The second-order valence-electron chi connectivity index (χ2n) is 3.54. The van der Waals surface area contributed by atoms with Crippen LogP contribution in [-0.4, -0.2) is 16.2 Å². The van der Waals surface area contributed by atoms with Gasteiger partial charge in [0, 0.05) is 6.07 Å². The number of nitriles is 1. The second-order valence-corrected chi connectivity index (χ2v) is 3.54. The van der Waals surface area contributed by atoms with Gasteiger partial charge in [-0.1, -0.05) is 12.1 Å². The number of rotatable bonds is 2. The van der Waals surface area contributed by atoms with E-state index in [-0.39, 0.29) is 11.4 Å². The van der Waals surface area contributed by atoms with Gasteiger partial charge in [0.15, 0.2) is 5.82 Å². The normalized spacial score (nSPS) is 9.42. The fourth-order valence-corrected chi connectivity index (χ4v) is 1.37. The van der Waals surface area contributed by atoms with Gasteiger partial charge in [-0.15, -0.1) is 0 Å². The molecule has 0 spiro atoms. The number of carbonyl (C=O) groups is 1. The van der Waals surface area contributed by atoms with Crippen molar-refractivity contribution in [1.82, 2.24) is 10.2 Å². The summed E-state index contributed by atoms with van der Waals surface area (Å²) in [5.74, 6) is 0.200. The molecule has 0 bridgehead atoms. The molecule has 0 unspecified atom stereocenters. The minimum Gasteiger partial charge on any atom is -0.306 e. The third kappa shape index (κ3) is 3.17. The van der Waals surface area contributed by atoms with Gasteiger partial charge in [0.25, 0.3) is 5.56 Å². The first-order chi connectivity index (χ1) is 9.19. The number of hydrogen-bond donors (Lipinski definition) is 3. The molecule has 2 aromatic rings. The number of nitrogens with zero attached hydrogens (tertiary/aromatic N) is 2. The first-order valence-electron chi connectivity index (χ1n) is 5.32. The van der Waals surface area contributed by atoms with E-state index in [0.717, 1.165) is 0 Å². The third-order valence-electron chi connectivity index (χ3n) is 2.22. The molecule has 7 heteroatoms. The quantitative estimate of drug-likeness (QED) is 0.750. The lowest BCUT2D eigenvalue weighted by atomic mass is 10.2. The van der Waals surface area contributed by atoms with E-state index in [2.05, 4.69) is 20.8 Å². The molecule has 0 aliphatic heterocycles. The van der Waals surface area contributed by atoms with Gasteiger partial charge in [0.1, 0.15) is 6.07 Å². The van der Waals surface area contributed by atoms with Gasteiger partial charge in [-0.2, -0.15) is 10.4 Å². The van der Waals surface area contributed by atoms with Crippen LogP contribution < -0.4 is 16.2 Å². The minimum absolute atomic E-state index is 0.200. The van der Waals surface area contributed by atoms with E-state index >= 15 is 0 Å². The molecule has 2 amide bonds. The van der Waals surface area contributed by atoms with E-state index in [1.165, 1.54) is 12.1 Å². The van der Waals surface area contributed by atoms with Crippen LogP contribution in [0.2, 0.25) is 0 Å². The summed E-state index contributed by atoms with van der Waals surface area (Å²) in [7, 11) is 0. The largest absolute Gasteiger partial charge is 0.324 e. The first-order valence-corrected chi connectivity index (χ1v) is 5.32. The van der Waals surface area contributed by atoms with Crippen LogP contribution in [0.5, 0.6) is 0 Å². The SMILES string of the molecule is N#Cc1ccccc1NC(=O)Nc1ccc(=O)[nH]n1. The van der Waals surface area contributed by atoms with Crippen molar-refractivity contribution in [2.75, 3.05) is 10.6 Å². The van der Waals surface area contributed by atoms with E-state index in [9.17, 15) is 9.59 Å². The minimum atomic E-state index is -0.553. The van der Waals surface area contributed by atoms with Gasteiger partial charge in [-0.25, -0.2) is 9.89 Å². The van der Waals surface area contributed by atoms with Crippen LogP contribution in [0.3, 0.4) is 0 Å². The Morgan fingerprint density at radius 1 is 1.21 bits per heavy atom. The Morgan fingerprint density at radius 2 is 2.00 bits per heavy atom. The summed E-state index contributed by atoms with van der Waals surface area (Å²) in [5, 5.41) is 19.6. The van der Waals surface area contributed by atoms with Crippen molar-refractivity contribution in [2.24, 2.45) is 0 Å². The summed E-state index contributed by atoms with van der Waals surface area (Å²) in [4.78, 5) is 22.5. The Kier molecular flexibility index (Phi) is 3.54. The lowest BCUT2D eigenvalue weighted by Gasteiger charge is -2.07. The summed E-state index contributed by atoms with van der Waals surface area (Å²) in [5.41, 5.74) is 0.389. The highest BCUT2D eigenvalue weighted by Gasteiger charge is 2.06. The zero-order valence-corrected chi connectivity index (χ0v) is 9.68. The van der Waals surface area contributed by atoms with Crippen molar-refractivity contribution in [1.29, 1.82) is 5.26 Å². The van der Waals surface area contributed by atoms with E-state index in [1.807, 2.05) is 6.07 Å². The van der Waals surface area contributed by atoms with Crippen LogP contribution in [0, 0.1) is 11.3 Å². The van der Waals surface area contributed by atoms with Gasteiger partial charge in [0.2, 0.25) is 0 Å². The van der Waals surface area contributed by atoms with Gasteiger partial charge < -0.3 is 5.32 Å². The van der Waals surface area contributed by atoms with Crippen molar-refractivity contribution < 1.29 is 4.79 Å². The molecular weight excluding hydrogens is 246 g/mol. The highest BCUT2D eigenvalue weighted by atomic mass is 16.2. The number of urea groups is 1. The highest BCUT2D eigenvalue weighted by molar-refractivity contribution is 5.99. The zero-order valence-electron chi connectivity index (χ0n) is 9.68. The second kappa shape index (κ2) is 5.46. The molecule has 0 atom stereocenters. The lowest BCUT2D eigenvalue weighted by molar-refractivity contribution is 0.262. The predicted octanol–water partition coefficient (Wildman–Crippen LogP) is 1.29. The topological polar surface area (TPSA) is 111 Å². The molecule has 0 fully saturated rings. The molecular formula is C12H9N5O2. The lowest BCUT2D eigenvalue weighted by Crippen LogP contribution is -2.21. The van der Waals surface area contributed by atoms with Gasteiger partial charge in [-0.05, 0) is 18.2 Å². The molecule has 19 heavy (non-hydrogen) atoms. The molecule has 2 rings (SSSR count).